The Morgan fingerprint density at radius 1 is 1.29 bits per heavy atom. The average molecular weight is 189 g/mol. The van der Waals surface area contributed by atoms with Gasteiger partial charge >= 0.3 is 0 Å². The lowest BCUT2D eigenvalue weighted by atomic mass is 10.2. The van der Waals surface area contributed by atoms with Crippen LogP contribution in [0, 0.1) is 13.8 Å². The Morgan fingerprint density at radius 2 is 2.00 bits per heavy atom. The van der Waals surface area contributed by atoms with E-state index in [4.69, 9.17) is 0 Å². The van der Waals surface area contributed by atoms with E-state index in [1.165, 1.54) is 22.6 Å². The van der Waals surface area contributed by atoms with Crippen LogP contribution in [0.4, 0.5) is 0 Å². The van der Waals surface area contributed by atoms with E-state index in [1.54, 1.807) is 0 Å². The molecule has 0 spiro atoms. The van der Waals surface area contributed by atoms with Crippen LogP contribution in [0.25, 0.3) is 5.52 Å². The molecule has 2 aromatic heterocycles. The highest BCUT2D eigenvalue weighted by Crippen LogP contribution is 2.13. The van der Waals surface area contributed by atoms with Gasteiger partial charge < -0.3 is 4.40 Å². The summed E-state index contributed by atoms with van der Waals surface area (Å²) >= 11 is 0. The van der Waals surface area contributed by atoms with E-state index < -0.39 is 0 Å². The zero-order valence-electron chi connectivity index (χ0n) is 9.33. The number of nitrogens with zero attached hydrogens (tertiary/aromatic N) is 2. The average Bonchev–Trinajstić information content (AvgIpc) is 2.51. The quantitative estimate of drug-likeness (QED) is 0.606. The molecule has 0 radical (unpaired) electrons. The summed E-state index contributed by atoms with van der Waals surface area (Å²) < 4.78 is 4.54. The number of fused-ring (bicyclic) bond motifs is 1. The molecule has 0 bridgehead atoms. The smallest absolute Gasteiger partial charge is 0.205 e. The van der Waals surface area contributed by atoms with E-state index in [1.807, 2.05) is 0 Å². The zero-order valence-corrected chi connectivity index (χ0v) is 9.33. The number of hydrogen-bond donors (Lipinski definition) is 0. The Labute approximate surface area is 84.8 Å². The van der Waals surface area contributed by atoms with Gasteiger partial charge in [-0.3, -0.25) is 0 Å². The van der Waals surface area contributed by atoms with Crippen LogP contribution < -0.4 is 4.57 Å². The van der Waals surface area contributed by atoms with Gasteiger partial charge in [-0.15, -0.1) is 0 Å². The third-order valence-electron chi connectivity index (χ3n) is 3.00. The molecule has 0 aliphatic rings. The predicted molar refractivity (Wildman–Crippen MR) is 57.4 cm³/mol. The van der Waals surface area contributed by atoms with Gasteiger partial charge in [0, 0.05) is 19.0 Å². The van der Waals surface area contributed by atoms with E-state index in [0.29, 0.717) is 0 Å². The molecule has 2 rings (SSSR count). The monoisotopic (exact) mass is 189 g/mol. The summed E-state index contributed by atoms with van der Waals surface area (Å²) in [4.78, 5) is 0. The van der Waals surface area contributed by atoms with Crippen LogP contribution in [0.5, 0.6) is 0 Å². The van der Waals surface area contributed by atoms with Gasteiger partial charge in [0.15, 0.2) is 5.69 Å². The first kappa shape index (κ1) is 9.25. The van der Waals surface area contributed by atoms with Gasteiger partial charge in [0.2, 0.25) is 5.69 Å². The van der Waals surface area contributed by atoms with Crippen molar-refractivity contribution < 1.29 is 4.57 Å². The van der Waals surface area contributed by atoms with Crippen molar-refractivity contribution in [3.63, 3.8) is 0 Å². The Bertz CT molecular complexity index is 481. The lowest BCUT2D eigenvalue weighted by Gasteiger charge is -2.04. The normalized spacial score (nSPS) is 11.1. The van der Waals surface area contributed by atoms with E-state index in [-0.39, 0.29) is 0 Å². The molecule has 0 aromatic carbocycles. The maximum atomic E-state index is 2.27. The standard InChI is InChI=1S/C12H17N2/c1-5-11-12-7-6-9(2)14(12)8-10(3)13(11)4/h6-8H,5H2,1-4H3/q+1. The molecule has 0 atom stereocenters. The fourth-order valence-corrected chi connectivity index (χ4v) is 2.03. The number of rotatable bonds is 1. The molecule has 0 saturated carbocycles. The largest absolute Gasteiger partial charge is 0.310 e. The summed E-state index contributed by atoms with van der Waals surface area (Å²) in [7, 11) is 2.14. The van der Waals surface area contributed by atoms with Gasteiger partial charge in [0.25, 0.3) is 0 Å². The van der Waals surface area contributed by atoms with Gasteiger partial charge in [-0.2, -0.15) is 4.57 Å². The van der Waals surface area contributed by atoms with Crippen molar-refractivity contribution in [3.05, 3.63) is 35.4 Å². The van der Waals surface area contributed by atoms with E-state index in [2.05, 4.69) is 55.1 Å². The topological polar surface area (TPSA) is 8.29 Å². The first-order valence-corrected chi connectivity index (χ1v) is 5.11. The van der Waals surface area contributed by atoms with E-state index in [0.717, 1.165) is 6.42 Å². The first-order chi connectivity index (χ1) is 6.65. The second kappa shape index (κ2) is 3.12. The molecule has 0 N–H and O–H groups in total. The maximum absolute atomic E-state index is 2.27. The maximum Gasteiger partial charge on any atom is 0.205 e. The molecule has 2 aromatic rings. The SMILES string of the molecule is CCc1c2ccc(C)n2cc(C)[n+]1C. The molecule has 2 heteroatoms. The molecular weight excluding hydrogens is 172 g/mol. The van der Waals surface area contributed by atoms with Crippen molar-refractivity contribution in [1.29, 1.82) is 0 Å². The number of aromatic nitrogens is 2. The van der Waals surface area contributed by atoms with Crippen molar-refractivity contribution in [2.75, 3.05) is 0 Å². The van der Waals surface area contributed by atoms with Crippen molar-refractivity contribution in [2.24, 2.45) is 7.05 Å². The molecule has 0 fully saturated rings. The molecule has 0 aliphatic heterocycles. The minimum atomic E-state index is 1.07. The lowest BCUT2D eigenvalue weighted by Crippen LogP contribution is -2.37. The summed E-state index contributed by atoms with van der Waals surface area (Å²) in [5, 5.41) is 0. The first-order valence-electron chi connectivity index (χ1n) is 5.11. The summed E-state index contributed by atoms with van der Waals surface area (Å²) in [5.74, 6) is 0. The fourth-order valence-electron chi connectivity index (χ4n) is 2.03. The Balaban J connectivity index is 2.90. The molecular formula is C12H17N2+. The molecule has 0 unspecified atom stereocenters. The molecule has 74 valence electrons. The number of hydrogen-bond acceptors (Lipinski definition) is 0. The van der Waals surface area contributed by atoms with Crippen molar-refractivity contribution in [3.8, 4) is 0 Å². The predicted octanol–water partition coefficient (Wildman–Crippen LogP) is 1.94. The van der Waals surface area contributed by atoms with Crippen LogP contribution in [-0.4, -0.2) is 4.40 Å². The van der Waals surface area contributed by atoms with Gasteiger partial charge in [-0.1, -0.05) is 6.92 Å². The second-order valence-electron chi connectivity index (χ2n) is 3.86. The van der Waals surface area contributed by atoms with E-state index in [9.17, 15) is 0 Å². The van der Waals surface area contributed by atoms with Crippen LogP contribution in [0.15, 0.2) is 18.3 Å². The minimum Gasteiger partial charge on any atom is -0.310 e. The summed E-state index contributed by atoms with van der Waals surface area (Å²) in [6, 6.07) is 4.38. The number of aryl methyl sites for hydroxylation is 3. The van der Waals surface area contributed by atoms with Crippen molar-refractivity contribution >= 4 is 5.52 Å². The highest BCUT2D eigenvalue weighted by Gasteiger charge is 2.14. The molecule has 2 nitrogen and oxygen atoms in total. The van der Waals surface area contributed by atoms with Crippen LogP contribution in [0.3, 0.4) is 0 Å². The highest BCUT2D eigenvalue weighted by molar-refractivity contribution is 5.52. The van der Waals surface area contributed by atoms with E-state index >= 15 is 0 Å². The van der Waals surface area contributed by atoms with Gasteiger partial charge in [0.1, 0.15) is 12.6 Å². The van der Waals surface area contributed by atoms with Crippen LogP contribution in [-0.2, 0) is 13.5 Å². The third kappa shape index (κ3) is 1.14. The Morgan fingerprint density at radius 3 is 2.64 bits per heavy atom. The summed E-state index contributed by atoms with van der Waals surface area (Å²) in [5.41, 5.74) is 5.34. The molecule has 0 aliphatic carbocycles. The molecule has 14 heavy (non-hydrogen) atoms. The molecule has 0 amide bonds. The molecule has 0 saturated heterocycles. The lowest BCUT2D eigenvalue weighted by molar-refractivity contribution is -0.684. The molecule has 2 heterocycles. The minimum absolute atomic E-state index is 1.07. The second-order valence-corrected chi connectivity index (χ2v) is 3.86. The van der Waals surface area contributed by atoms with Gasteiger partial charge in [0.05, 0.1) is 6.20 Å². The Hall–Kier alpha value is -1.31. The van der Waals surface area contributed by atoms with Crippen molar-refractivity contribution in [2.45, 2.75) is 27.2 Å². The summed E-state index contributed by atoms with van der Waals surface area (Å²) in [6.45, 7) is 6.50. The zero-order chi connectivity index (χ0) is 10.3. The summed E-state index contributed by atoms with van der Waals surface area (Å²) in [6.07, 6.45) is 3.27. The fraction of sp³-hybridized carbons (Fsp3) is 0.417. The third-order valence-corrected chi connectivity index (χ3v) is 3.00. The van der Waals surface area contributed by atoms with Crippen molar-refractivity contribution in [1.82, 2.24) is 4.40 Å². The van der Waals surface area contributed by atoms with Crippen LogP contribution in [0.2, 0.25) is 0 Å². The Kier molecular flexibility index (Phi) is 2.06. The van der Waals surface area contributed by atoms with Crippen LogP contribution >= 0.6 is 0 Å². The van der Waals surface area contributed by atoms with Gasteiger partial charge in [-0.25, -0.2) is 0 Å². The van der Waals surface area contributed by atoms with Crippen LogP contribution in [0.1, 0.15) is 24.0 Å². The van der Waals surface area contributed by atoms with Gasteiger partial charge in [-0.05, 0) is 19.1 Å². The highest BCUT2D eigenvalue weighted by atomic mass is 15.0.